The first-order valence-electron chi connectivity index (χ1n) is 9.82. The molecule has 0 radical (unpaired) electrons. The molecule has 0 bridgehead atoms. The van der Waals surface area contributed by atoms with Gasteiger partial charge in [0.2, 0.25) is 0 Å². The first-order chi connectivity index (χ1) is 13.2. The smallest absolute Gasteiger partial charge is 0.254 e. The van der Waals surface area contributed by atoms with Crippen molar-refractivity contribution in [3.05, 3.63) is 48.0 Å². The molecule has 4 rings (SSSR count). The number of amides is 1. The van der Waals surface area contributed by atoms with Gasteiger partial charge >= 0.3 is 0 Å². The number of benzene rings is 1. The fourth-order valence-corrected chi connectivity index (χ4v) is 4.41. The summed E-state index contributed by atoms with van der Waals surface area (Å²) in [7, 11) is 1.63. The molecule has 2 fully saturated rings. The molecule has 6 nitrogen and oxygen atoms in total. The molecule has 1 aliphatic heterocycles. The highest BCUT2D eigenvalue weighted by Crippen LogP contribution is 2.56. The summed E-state index contributed by atoms with van der Waals surface area (Å²) in [5.41, 5.74) is 0.962. The Bertz CT molecular complexity index is 810. The van der Waals surface area contributed by atoms with Gasteiger partial charge in [0.25, 0.3) is 5.91 Å². The molecule has 1 saturated carbocycles. The van der Waals surface area contributed by atoms with Crippen LogP contribution in [0.4, 0.5) is 0 Å². The minimum Gasteiger partial charge on any atom is -0.497 e. The summed E-state index contributed by atoms with van der Waals surface area (Å²) in [4.78, 5) is 20.0. The lowest BCUT2D eigenvalue weighted by molar-refractivity contribution is 0.0684. The summed E-state index contributed by atoms with van der Waals surface area (Å²) in [6.07, 6.45) is 7.18. The molecule has 6 heteroatoms. The van der Waals surface area contributed by atoms with Crippen LogP contribution >= 0.6 is 0 Å². The molecule has 1 atom stereocenters. The van der Waals surface area contributed by atoms with Crippen molar-refractivity contribution in [1.82, 2.24) is 19.8 Å². The van der Waals surface area contributed by atoms with Crippen molar-refractivity contribution in [2.75, 3.05) is 20.2 Å². The Balaban J connectivity index is 1.62. The number of hydrogen-bond acceptors (Lipinski definition) is 4. The zero-order valence-electron chi connectivity index (χ0n) is 16.1. The van der Waals surface area contributed by atoms with E-state index in [0.717, 1.165) is 44.7 Å². The van der Waals surface area contributed by atoms with E-state index in [2.05, 4.69) is 26.7 Å². The van der Waals surface area contributed by atoms with Gasteiger partial charge in [0, 0.05) is 30.5 Å². The number of aromatic nitrogens is 2. The van der Waals surface area contributed by atoms with E-state index in [1.165, 1.54) is 0 Å². The van der Waals surface area contributed by atoms with Crippen LogP contribution in [0.15, 0.2) is 36.7 Å². The Morgan fingerprint density at radius 2 is 2.22 bits per heavy atom. The van der Waals surface area contributed by atoms with E-state index >= 15 is 0 Å². The normalized spacial score (nSPS) is 20.4. The molecule has 1 saturated heterocycles. The molecule has 144 valence electrons. The lowest BCUT2D eigenvalue weighted by Gasteiger charge is -2.29. The van der Waals surface area contributed by atoms with Crippen LogP contribution in [-0.4, -0.2) is 46.6 Å². The molecular formula is C21H28N4O2. The number of rotatable bonds is 6. The second kappa shape index (κ2) is 7.35. The Hall–Kier alpha value is -2.34. The Labute approximate surface area is 160 Å². The maximum Gasteiger partial charge on any atom is 0.254 e. The average molecular weight is 368 g/mol. The molecule has 2 aromatic rings. The zero-order chi connectivity index (χ0) is 18.9. The third-order valence-corrected chi connectivity index (χ3v) is 6.15. The van der Waals surface area contributed by atoms with Gasteiger partial charge in [-0.3, -0.25) is 4.79 Å². The number of ether oxygens (including phenoxy) is 1. The lowest BCUT2D eigenvalue weighted by Crippen LogP contribution is -2.39. The van der Waals surface area contributed by atoms with Crippen molar-refractivity contribution in [2.45, 2.75) is 45.3 Å². The highest BCUT2D eigenvalue weighted by Gasteiger charge is 2.57. The van der Waals surface area contributed by atoms with E-state index in [9.17, 15) is 4.79 Å². The second-order valence-electron chi connectivity index (χ2n) is 7.63. The number of aryl methyl sites for hydroxylation is 1. The van der Waals surface area contributed by atoms with E-state index in [-0.39, 0.29) is 11.3 Å². The van der Waals surface area contributed by atoms with Gasteiger partial charge in [-0.25, -0.2) is 4.98 Å². The number of methoxy groups -OCH3 is 1. The largest absolute Gasteiger partial charge is 0.497 e. The van der Waals surface area contributed by atoms with Crippen molar-refractivity contribution in [3.63, 3.8) is 0 Å². The van der Waals surface area contributed by atoms with Crippen molar-refractivity contribution in [3.8, 4) is 5.75 Å². The molecule has 2 heterocycles. The number of piperidine rings is 1. The minimum absolute atomic E-state index is 0.0694. The first kappa shape index (κ1) is 18.0. The van der Waals surface area contributed by atoms with Crippen LogP contribution in [0.25, 0.3) is 0 Å². The Morgan fingerprint density at radius 3 is 2.96 bits per heavy atom. The van der Waals surface area contributed by atoms with Gasteiger partial charge in [-0.1, -0.05) is 6.07 Å². The number of carbonyl (C=O) groups excluding carboxylic acids is 1. The Kier molecular flexibility index (Phi) is 4.91. The van der Waals surface area contributed by atoms with Crippen LogP contribution in [0, 0.1) is 5.41 Å². The van der Waals surface area contributed by atoms with Gasteiger partial charge < -0.3 is 19.5 Å². The van der Waals surface area contributed by atoms with Crippen molar-refractivity contribution in [2.24, 2.45) is 5.41 Å². The number of imidazole rings is 1. The van der Waals surface area contributed by atoms with E-state index in [1.54, 1.807) is 7.11 Å². The summed E-state index contributed by atoms with van der Waals surface area (Å²) in [5.74, 6) is 1.73. The van der Waals surface area contributed by atoms with Crippen molar-refractivity contribution >= 4 is 5.91 Å². The topological polar surface area (TPSA) is 59.4 Å². The maximum atomic E-state index is 13.5. The predicted octanol–water partition coefficient (Wildman–Crippen LogP) is 2.70. The second-order valence-corrected chi connectivity index (χ2v) is 7.63. The number of nitrogens with zero attached hydrogens (tertiary/aromatic N) is 3. The van der Waals surface area contributed by atoms with E-state index < -0.39 is 0 Å². The van der Waals surface area contributed by atoms with Gasteiger partial charge in [-0.2, -0.15) is 0 Å². The summed E-state index contributed by atoms with van der Waals surface area (Å²) >= 11 is 0. The van der Waals surface area contributed by atoms with Crippen molar-refractivity contribution < 1.29 is 9.53 Å². The SMILES string of the molecule is CCn1ccnc1CN(C(=O)c1cccc(OC)c1)[C@H]1CC12CCNCC2. The molecular weight excluding hydrogens is 340 g/mol. The van der Waals surface area contributed by atoms with Gasteiger partial charge in [0.1, 0.15) is 11.6 Å². The molecule has 1 N–H and O–H groups in total. The summed E-state index contributed by atoms with van der Waals surface area (Å²) in [6.45, 7) is 5.60. The van der Waals surface area contributed by atoms with E-state index in [1.807, 2.05) is 36.7 Å². The van der Waals surface area contributed by atoms with E-state index in [0.29, 0.717) is 23.9 Å². The van der Waals surface area contributed by atoms with Crippen LogP contribution in [-0.2, 0) is 13.1 Å². The fourth-order valence-electron chi connectivity index (χ4n) is 4.41. The molecule has 27 heavy (non-hydrogen) atoms. The van der Waals surface area contributed by atoms with Gasteiger partial charge in [0.05, 0.1) is 13.7 Å². The average Bonchev–Trinajstić information content (AvgIpc) is 3.19. The number of carbonyl (C=O) groups is 1. The molecule has 1 aromatic heterocycles. The fraction of sp³-hybridized carbons (Fsp3) is 0.524. The Morgan fingerprint density at radius 1 is 1.41 bits per heavy atom. The van der Waals surface area contributed by atoms with Gasteiger partial charge in [-0.05, 0) is 62.9 Å². The third kappa shape index (κ3) is 3.46. The quantitative estimate of drug-likeness (QED) is 0.852. The molecule has 0 unspecified atom stereocenters. The third-order valence-electron chi connectivity index (χ3n) is 6.15. The highest BCUT2D eigenvalue weighted by atomic mass is 16.5. The number of hydrogen-bond donors (Lipinski definition) is 1. The number of nitrogens with one attached hydrogen (secondary N) is 1. The van der Waals surface area contributed by atoms with Crippen LogP contribution in [0.3, 0.4) is 0 Å². The lowest BCUT2D eigenvalue weighted by atomic mass is 9.93. The molecule has 1 aromatic carbocycles. The zero-order valence-corrected chi connectivity index (χ0v) is 16.1. The van der Waals surface area contributed by atoms with Crippen LogP contribution in [0.2, 0.25) is 0 Å². The summed E-state index contributed by atoms with van der Waals surface area (Å²) < 4.78 is 7.43. The molecule has 1 spiro atoms. The minimum atomic E-state index is 0.0694. The highest BCUT2D eigenvalue weighted by molar-refractivity contribution is 5.95. The summed E-state index contributed by atoms with van der Waals surface area (Å²) in [5, 5.41) is 3.44. The molecule has 1 amide bonds. The predicted molar refractivity (Wildman–Crippen MR) is 104 cm³/mol. The standard InChI is InChI=1S/C21H28N4O2/c1-3-24-12-11-23-19(24)15-25(18-14-21(18)7-9-22-10-8-21)20(26)16-5-4-6-17(13-16)27-2/h4-6,11-13,18,22H,3,7-10,14-15H2,1-2H3/t18-/m0/s1. The first-order valence-corrected chi connectivity index (χ1v) is 9.82. The van der Waals surface area contributed by atoms with Gasteiger partial charge in [0.15, 0.2) is 0 Å². The summed E-state index contributed by atoms with van der Waals surface area (Å²) in [6, 6.07) is 7.75. The maximum absolute atomic E-state index is 13.5. The van der Waals surface area contributed by atoms with Gasteiger partial charge in [-0.15, -0.1) is 0 Å². The van der Waals surface area contributed by atoms with Crippen molar-refractivity contribution in [1.29, 1.82) is 0 Å². The monoisotopic (exact) mass is 368 g/mol. The van der Waals surface area contributed by atoms with Crippen LogP contribution < -0.4 is 10.1 Å². The van der Waals surface area contributed by atoms with E-state index in [4.69, 9.17) is 4.74 Å². The van der Waals surface area contributed by atoms with Crippen LogP contribution in [0.5, 0.6) is 5.75 Å². The van der Waals surface area contributed by atoms with Crippen LogP contribution in [0.1, 0.15) is 42.4 Å². The molecule has 1 aliphatic carbocycles. The molecule has 2 aliphatic rings.